The number of nitrogens with zero attached hydrogens (tertiary/aromatic N) is 2. The average Bonchev–Trinajstić information content (AvgIpc) is 3.07. The molecule has 0 bridgehead atoms. The van der Waals surface area contributed by atoms with Crippen LogP contribution in [0.15, 0.2) is 35.7 Å². The number of nitrogens with one attached hydrogen (secondary N) is 2. The van der Waals surface area contributed by atoms with Crippen LogP contribution in [0.3, 0.4) is 0 Å². The largest absolute Gasteiger partial charge is 0.348 e. The minimum absolute atomic E-state index is 0.0342. The summed E-state index contributed by atoms with van der Waals surface area (Å²) in [5, 5.41) is 2.65. The first-order chi connectivity index (χ1) is 10.9. The van der Waals surface area contributed by atoms with Gasteiger partial charge in [0.2, 0.25) is 0 Å². The summed E-state index contributed by atoms with van der Waals surface area (Å²) in [6.45, 7) is 5.10. The highest BCUT2D eigenvalue weighted by Gasteiger charge is 2.25. The van der Waals surface area contributed by atoms with Crippen molar-refractivity contribution in [1.82, 2.24) is 14.9 Å². The Hall–Kier alpha value is -2.35. The zero-order valence-electron chi connectivity index (χ0n) is 12.9. The number of anilines is 1. The van der Waals surface area contributed by atoms with Crippen molar-refractivity contribution in [2.45, 2.75) is 32.0 Å². The van der Waals surface area contributed by atoms with Crippen molar-refractivity contribution in [2.75, 3.05) is 4.72 Å². The van der Waals surface area contributed by atoms with Gasteiger partial charge in [-0.1, -0.05) is 19.9 Å². The van der Waals surface area contributed by atoms with Gasteiger partial charge in [0, 0.05) is 30.4 Å². The second-order valence-corrected chi connectivity index (χ2v) is 7.55. The SMILES string of the molecule is CC(C)Cn1cnc(S(=O)(=O)Nc2cccc3c2CNC3=O)c1. The van der Waals surface area contributed by atoms with E-state index in [4.69, 9.17) is 0 Å². The number of imidazole rings is 1. The van der Waals surface area contributed by atoms with Crippen molar-refractivity contribution in [3.8, 4) is 0 Å². The van der Waals surface area contributed by atoms with Gasteiger partial charge in [0.1, 0.15) is 0 Å². The predicted octanol–water partition coefficient (Wildman–Crippen LogP) is 1.58. The van der Waals surface area contributed by atoms with Crippen LogP contribution >= 0.6 is 0 Å². The van der Waals surface area contributed by atoms with Crippen molar-refractivity contribution in [3.05, 3.63) is 41.9 Å². The molecule has 2 heterocycles. The molecule has 0 fully saturated rings. The first-order valence-corrected chi connectivity index (χ1v) is 8.80. The monoisotopic (exact) mass is 334 g/mol. The molecule has 122 valence electrons. The Labute approximate surface area is 134 Å². The fourth-order valence-electron chi connectivity index (χ4n) is 2.55. The standard InChI is InChI=1S/C15H18N4O3S/c1-10(2)7-19-8-14(17-9-19)23(21,22)18-13-5-3-4-11-12(13)6-16-15(11)20/h3-5,8-10,18H,6-7H2,1-2H3,(H,16,20). The van der Waals surface area contributed by atoms with E-state index < -0.39 is 10.0 Å². The zero-order chi connectivity index (χ0) is 16.6. The van der Waals surface area contributed by atoms with Crippen molar-refractivity contribution in [3.63, 3.8) is 0 Å². The molecule has 1 aliphatic heterocycles. The number of carbonyl (C=O) groups is 1. The molecule has 23 heavy (non-hydrogen) atoms. The minimum atomic E-state index is -3.79. The van der Waals surface area contributed by atoms with Crippen LogP contribution in [0.4, 0.5) is 5.69 Å². The van der Waals surface area contributed by atoms with Crippen LogP contribution in [0, 0.1) is 5.92 Å². The van der Waals surface area contributed by atoms with E-state index in [1.165, 1.54) is 12.5 Å². The summed E-state index contributed by atoms with van der Waals surface area (Å²) in [7, 11) is -3.79. The average molecular weight is 334 g/mol. The van der Waals surface area contributed by atoms with Crippen molar-refractivity contribution in [1.29, 1.82) is 0 Å². The van der Waals surface area contributed by atoms with Crippen LogP contribution in [0.2, 0.25) is 0 Å². The van der Waals surface area contributed by atoms with Gasteiger partial charge in [0.15, 0.2) is 5.03 Å². The van der Waals surface area contributed by atoms with Crippen LogP contribution in [0.25, 0.3) is 0 Å². The number of aromatic nitrogens is 2. The number of amides is 1. The lowest BCUT2D eigenvalue weighted by molar-refractivity contribution is 0.0965. The summed E-state index contributed by atoms with van der Waals surface area (Å²) in [6, 6.07) is 4.97. The number of hydrogen-bond acceptors (Lipinski definition) is 4. The first-order valence-electron chi connectivity index (χ1n) is 7.31. The van der Waals surface area contributed by atoms with E-state index in [1.54, 1.807) is 22.8 Å². The molecular weight excluding hydrogens is 316 g/mol. The van der Waals surface area contributed by atoms with Crippen LogP contribution in [-0.2, 0) is 23.1 Å². The molecule has 0 atom stereocenters. The molecule has 1 aromatic heterocycles. The molecule has 7 nitrogen and oxygen atoms in total. The van der Waals surface area contributed by atoms with E-state index >= 15 is 0 Å². The molecule has 1 aromatic carbocycles. The fraction of sp³-hybridized carbons (Fsp3) is 0.333. The normalized spacial score (nSPS) is 14.0. The van der Waals surface area contributed by atoms with Gasteiger partial charge in [0.25, 0.3) is 15.9 Å². The fourth-order valence-corrected chi connectivity index (χ4v) is 3.59. The van der Waals surface area contributed by atoms with E-state index in [9.17, 15) is 13.2 Å². The van der Waals surface area contributed by atoms with E-state index in [0.29, 0.717) is 35.8 Å². The Bertz CT molecular complexity index is 855. The predicted molar refractivity (Wildman–Crippen MR) is 85.5 cm³/mol. The molecule has 0 saturated carbocycles. The lowest BCUT2D eigenvalue weighted by Gasteiger charge is -2.09. The van der Waals surface area contributed by atoms with Crippen LogP contribution in [0.5, 0.6) is 0 Å². The molecule has 8 heteroatoms. The van der Waals surface area contributed by atoms with Gasteiger partial charge in [-0.05, 0) is 18.1 Å². The van der Waals surface area contributed by atoms with Gasteiger partial charge in [-0.25, -0.2) is 4.98 Å². The second kappa shape index (κ2) is 5.69. The highest BCUT2D eigenvalue weighted by atomic mass is 32.2. The second-order valence-electron chi connectivity index (χ2n) is 5.92. The quantitative estimate of drug-likeness (QED) is 0.868. The summed E-state index contributed by atoms with van der Waals surface area (Å²) in [5.41, 5.74) is 1.55. The maximum absolute atomic E-state index is 12.5. The highest BCUT2D eigenvalue weighted by molar-refractivity contribution is 7.92. The number of benzene rings is 1. The molecular formula is C15H18N4O3S. The van der Waals surface area contributed by atoms with E-state index in [1.807, 2.05) is 13.8 Å². The van der Waals surface area contributed by atoms with Crippen LogP contribution in [0.1, 0.15) is 29.8 Å². The first kappa shape index (κ1) is 15.5. The van der Waals surface area contributed by atoms with Crippen molar-refractivity contribution >= 4 is 21.6 Å². The summed E-state index contributed by atoms with van der Waals surface area (Å²) >= 11 is 0. The Morgan fingerprint density at radius 2 is 2.17 bits per heavy atom. The van der Waals surface area contributed by atoms with Gasteiger partial charge in [-0.15, -0.1) is 0 Å². The number of hydrogen-bond donors (Lipinski definition) is 2. The summed E-state index contributed by atoms with van der Waals surface area (Å²) in [4.78, 5) is 15.6. The molecule has 0 aliphatic carbocycles. The molecule has 0 radical (unpaired) electrons. The Morgan fingerprint density at radius 3 is 2.91 bits per heavy atom. The molecule has 2 N–H and O–H groups in total. The Kier molecular flexibility index (Phi) is 3.85. The van der Waals surface area contributed by atoms with E-state index in [2.05, 4.69) is 15.0 Å². The van der Waals surface area contributed by atoms with E-state index in [0.717, 1.165) is 0 Å². The molecule has 0 spiro atoms. The number of rotatable bonds is 5. The lowest BCUT2D eigenvalue weighted by atomic mass is 10.1. The molecule has 0 unspecified atom stereocenters. The molecule has 1 amide bonds. The van der Waals surface area contributed by atoms with Crippen molar-refractivity contribution < 1.29 is 13.2 Å². The number of carbonyl (C=O) groups excluding carboxylic acids is 1. The van der Waals surface area contributed by atoms with Crippen molar-refractivity contribution in [2.24, 2.45) is 5.92 Å². The van der Waals surface area contributed by atoms with Gasteiger partial charge < -0.3 is 9.88 Å². The topological polar surface area (TPSA) is 93.1 Å². The maximum Gasteiger partial charge on any atom is 0.280 e. The summed E-state index contributed by atoms with van der Waals surface area (Å²) in [5.74, 6) is 0.199. The minimum Gasteiger partial charge on any atom is -0.348 e. The third kappa shape index (κ3) is 3.07. The number of sulfonamides is 1. The lowest BCUT2D eigenvalue weighted by Crippen LogP contribution is -2.15. The maximum atomic E-state index is 12.5. The van der Waals surface area contributed by atoms with Gasteiger partial charge in [0.05, 0.1) is 12.0 Å². The van der Waals surface area contributed by atoms with Gasteiger partial charge >= 0.3 is 0 Å². The Balaban J connectivity index is 1.88. The smallest absolute Gasteiger partial charge is 0.280 e. The van der Waals surface area contributed by atoms with Gasteiger partial charge in [-0.2, -0.15) is 8.42 Å². The summed E-state index contributed by atoms with van der Waals surface area (Å²) in [6.07, 6.45) is 3.02. The summed E-state index contributed by atoms with van der Waals surface area (Å²) < 4.78 is 29.3. The zero-order valence-corrected chi connectivity index (χ0v) is 13.7. The van der Waals surface area contributed by atoms with Crippen LogP contribution in [-0.4, -0.2) is 23.9 Å². The molecule has 2 aromatic rings. The third-order valence-electron chi connectivity index (χ3n) is 3.55. The molecule has 1 aliphatic rings. The highest BCUT2D eigenvalue weighted by Crippen LogP contribution is 2.26. The van der Waals surface area contributed by atoms with Crippen LogP contribution < -0.4 is 10.0 Å². The Morgan fingerprint density at radius 1 is 1.39 bits per heavy atom. The third-order valence-corrected chi connectivity index (χ3v) is 4.80. The number of fused-ring (bicyclic) bond motifs is 1. The molecule has 3 rings (SSSR count). The van der Waals surface area contributed by atoms with Gasteiger partial charge in [-0.3, -0.25) is 9.52 Å². The molecule has 0 saturated heterocycles. The van der Waals surface area contributed by atoms with E-state index in [-0.39, 0.29) is 10.9 Å².